The molecule has 4 rings (SSSR count). The van der Waals surface area contributed by atoms with Crippen molar-refractivity contribution in [3.8, 4) is 0 Å². The summed E-state index contributed by atoms with van der Waals surface area (Å²) in [6.07, 6.45) is 3.14. The van der Waals surface area contributed by atoms with Crippen LogP contribution in [0.4, 0.5) is 10.1 Å². The fourth-order valence-corrected chi connectivity index (χ4v) is 4.30. The molecular weight excluding hydrogens is 313 g/mol. The van der Waals surface area contributed by atoms with Crippen molar-refractivity contribution < 1.29 is 4.39 Å². The molecule has 0 fully saturated rings. The van der Waals surface area contributed by atoms with Gasteiger partial charge in [0.25, 0.3) is 5.56 Å². The lowest BCUT2D eigenvalue weighted by Crippen LogP contribution is -2.14. The van der Waals surface area contributed by atoms with Crippen molar-refractivity contribution in [2.45, 2.75) is 32.7 Å². The summed E-state index contributed by atoms with van der Waals surface area (Å²) in [7, 11) is 0. The maximum absolute atomic E-state index is 13.6. The van der Waals surface area contributed by atoms with E-state index < -0.39 is 0 Å². The Kier molecular flexibility index (Phi) is 3.41. The van der Waals surface area contributed by atoms with Crippen LogP contribution in [0.15, 0.2) is 23.0 Å². The quantitative estimate of drug-likeness (QED) is 0.773. The van der Waals surface area contributed by atoms with Crippen molar-refractivity contribution in [3.63, 3.8) is 0 Å². The Bertz CT molecular complexity index is 960. The normalized spacial score (nSPS) is 13.5. The van der Waals surface area contributed by atoms with Crippen LogP contribution in [0, 0.1) is 12.7 Å². The number of aryl methyl sites for hydroxylation is 3. The maximum Gasteiger partial charge on any atom is 0.259 e. The SMILES string of the molecule is Cc1ccc(NCc2nc3sc4c(c3c(=O)[nH]2)CCC4)cc1F. The zero-order valence-electron chi connectivity index (χ0n) is 12.7. The zero-order valence-corrected chi connectivity index (χ0v) is 13.5. The van der Waals surface area contributed by atoms with E-state index in [1.807, 2.05) is 6.07 Å². The van der Waals surface area contributed by atoms with Gasteiger partial charge in [-0.3, -0.25) is 4.79 Å². The number of aromatic nitrogens is 2. The van der Waals surface area contributed by atoms with E-state index in [0.717, 1.165) is 29.5 Å². The minimum absolute atomic E-state index is 0.0683. The van der Waals surface area contributed by atoms with Gasteiger partial charge in [-0.2, -0.15) is 0 Å². The molecule has 0 bridgehead atoms. The van der Waals surface area contributed by atoms with Crippen molar-refractivity contribution in [2.75, 3.05) is 5.32 Å². The van der Waals surface area contributed by atoms with Gasteiger partial charge in [-0.1, -0.05) is 6.07 Å². The van der Waals surface area contributed by atoms with Gasteiger partial charge >= 0.3 is 0 Å². The van der Waals surface area contributed by atoms with E-state index in [0.29, 0.717) is 23.6 Å². The van der Waals surface area contributed by atoms with Crippen molar-refractivity contribution >= 4 is 27.2 Å². The number of nitrogens with one attached hydrogen (secondary N) is 2. The average Bonchev–Trinajstić information content (AvgIpc) is 3.08. The van der Waals surface area contributed by atoms with Crippen LogP contribution in [0.5, 0.6) is 0 Å². The van der Waals surface area contributed by atoms with Crippen LogP contribution in [0.25, 0.3) is 10.2 Å². The highest BCUT2D eigenvalue weighted by Gasteiger charge is 2.20. The fourth-order valence-electron chi connectivity index (χ4n) is 3.02. The highest BCUT2D eigenvalue weighted by atomic mass is 32.1. The Morgan fingerprint density at radius 1 is 1.39 bits per heavy atom. The maximum atomic E-state index is 13.6. The minimum atomic E-state index is -0.249. The van der Waals surface area contributed by atoms with Crippen LogP contribution >= 0.6 is 11.3 Å². The third kappa shape index (κ3) is 2.53. The van der Waals surface area contributed by atoms with Crippen LogP contribution < -0.4 is 10.9 Å². The lowest BCUT2D eigenvalue weighted by Gasteiger charge is -2.07. The molecule has 0 spiro atoms. The van der Waals surface area contributed by atoms with Crippen LogP contribution in [-0.2, 0) is 19.4 Å². The van der Waals surface area contributed by atoms with Gasteiger partial charge < -0.3 is 10.3 Å². The van der Waals surface area contributed by atoms with E-state index in [4.69, 9.17) is 0 Å². The van der Waals surface area contributed by atoms with Crippen molar-refractivity contribution in [1.29, 1.82) is 0 Å². The lowest BCUT2D eigenvalue weighted by atomic mass is 10.2. The predicted octanol–water partition coefficient (Wildman–Crippen LogP) is 3.53. The lowest BCUT2D eigenvalue weighted by molar-refractivity contribution is 0.619. The molecule has 0 unspecified atom stereocenters. The second kappa shape index (κ2) is 5.45. The summed E-state index contributed by atoms with van der Waals surface area (Å²) >= 11 is 1.62. The zero-order chi connectivity index (χ0) is 16.0. The topological polar surface area (TPSA) is 57.8 Å². The van der Waals surface area contributed by atoms with Crippen LogP contribution in [0.1, 0.15) is 28.2 Å². The van der Waals surface area contributed by atoms with E-state index in [-0.39, 0.29) is 11.4 Å². The highest BCUT2D eigenvalue weighted by Crippen LogP contribution is 2.34. The van der Waals surface area contributed by atoms with Gasteiger partial charge in [0, 0.05) is 10.6 Å². The molecule has 3 aromatic rings. The molecule has 4 nitrogen and oxygen atoms in total. The number of halogens is 1. The first-order chi connectivity index (χ1) is 11.1. The van der Waals surface area contributed by atoms with E-state index in [9.17, 15) is 9.18 Å². The summed E-state index contributed by atoms with van der Waals surface area (Å²) in [5, 5.41) is 3.86. The summed E-state index contributed by atoms with van der Waals surface area (Å²) in [6, 6.07) is 4.99. The summed E-state index contributed by atoms with van der Waals surface area (Å²) in [5.74, 6) is 0.324. The molecule has 2 N–H and O–H groups in total. The third-order valence-corrected chi connectivity index (χ3v) is 5.44. The first kappa shape index (κ1) is 14.4. The molecule has 2 aromatic heterocycles. The third-order valence-electron chi connectivity index (χ3n) is 4.26. The number of rotatable bonds is 3. The van der Waals surface area contributed by atoms with Gasteiger partial charge in [-0.05, 0) is 49.4 Å². The Labute approximate surface area is 136 Å². The number of nitrogens with zero attached hydrogens (tertiary/aromatic N) is 1. The second-order valence-corrected chi connectivity index (χ2v) is 6.95. The molecule has 0 radical (unpaired) electrons. The summed E-state index contributed by atoms with van der Waals surface area (Å²) in [4.78, 5) is 21.9. The molecule has 1 aromatic carbocycles. The average molecular weight is 329 g/mol. The summed E-state index contributed by atoms with van der Waals surface area (Å²) in [6.45, 7) is 2.08. The Morgan fingerprint density at radius 3 is 3.09 bits per heavy atom. The number of H-pyrrole nitrogens is 1. The van der Waals surface area contributed by atoms with E-state index in [1.165, 1.54) is 16.5 Å². The van der Waals surface area contributed by atoms with Crippen LogP contribution in [0.3, 0.4) is 0 Å². The van der Waals surface area contributed by atoms with Crippen molar-refractivity contribution in [2.24, 2.45) is 0 Å². The van der Waals surface area contributed by atoms with E-state index in [1.54, 1.807) is 24.3 Å². The molecule has 118 valence electrons. The minimum Gasteiger partial charge on any atom is -0.378 e. The molecule has 1 aliphatic rings. The van der Waals surface area contributed by atoms with Gasteiger partial charge in [-0.25, -0.2) is 9.37 Å². The molecule has 0 atom stereocenters. The number of aromatic amines is 1. The van der Waals surface area contributed by atoms with Crippen molar-refractivity contribution in [1.82, 2.24) is 9.97 Å². The Morgan fingerprint density at radius 2 is 2.26 bits per heavy atom. The summed E-state index contributed by atoms with van der Waals surface area (Å²) in [5.41, 5.74) is 2.39. The fraction of sp³-hybridized carbons (Fsp3) is 0.294. The number of benzene rings is 1. The van der Waals surface area contributed by atoms with E-state index in [2.05, 4.69) is 15.3 Å². The second-order valence-electron chi connectivity index (χ2n) is 5.87. The number of anilines is 1. The molecular formula is C17H16FN3OS. The standard InChI is InChI=1S/C17H16FN3OS/c1-9-5-6-10(7-12(9)18)19-8-14-20-16(22)15-11-3-2-4-13(11)23-17(15)21-14/h5-7,19H,2-4,8H2,1H3,(H,20,21,22). The first-order valence-electron chi connectivity index (χ1n) is 7.65. The van der Waals surface area contributed by atoms with E-state index >= 15 is 0 Å². The van der Waals surface area contributed by atoms with Crippen LogP contribution in [0.2, 0.25) is 0 Å². The van der Waals surface area contributed by atoms with Gasteiger partial charge in [0.2, 0.25) is 0 Å². The molecule has 0 saturated heterocycles. The smallest absolute Gasteiger partial charge is 0.259 e. The largest absolute Gasteiger partial charge is 0.378 e. The molecule has 2 heterocycles. The molecule has 23 heavy (non-hydrogen) atoms. The predicted molar refractivity (Wildman–Crippen MR) is 90.7 cm³/mol. The van der Waals surface area contributed by atoms with Gasteiger partial charge in [0.1, 0.15) is 16.5 Å². The molecule has 0 aliphatic heterocycles. The Hall–Kier alpha value is -2.21. The molecule has 0 saturated carbocycles. The van der Waals surface area contributed by atoms with Gasteiger partial charge in [-0.15, -0.1) is 11.3 Å². The Balaban J connectivity index is 1.62. The highest BCUT2D eigenvalue weighted by molar-refractivity contribution is 7.18. The first-order valence-corrected chi connectivity index (χ1v) is 8.47. The monoisotopic (exact) mass is 329 g/mol. The number of thiophene rings is 1. The number of fused-ring (bicyclic) bond motifs is 3. The van der Waals surface area contributed by atoms with Crippen molar-refractivity contribution in [3.05, 3.63) is 56.2 Å². The van der Waals surface area contributed by atoms with Crippen LogP contribution in [-0.4, -0.2) is 9.97 Å². The number of hydrogen-bond donors (Lipinski definition) is 2. The molecule has 1 aliphatic carbocycles. The molecule has 0 amide bonds. The molecule has 6 heteroatoms. The van der Waals surface area contributed by atoms with Gasteiger partial charge in [0.05, 0.1) is 11.9 Å². The summed E-state index contributed by atoms with van der Waals surface area (Å²) < 4.78 is 13.6. The van der Waals surface area contributed by atoms with Gasteiger partial charge in [0.15, 0.2) is 0 Å². The number of hydrogen-bond acceptors (Lipinski definition) is 4.